The van der Waals surface area contributed by atoms with Gasteiger partial charge < -0.3 is 9.88 Å². The minimum absolute atomic E-state index is 0.551. The quantitative estimate of drug-likeness (QED) is 0.781. The Morgan fingerprint density at radius 3 is 2.57 bits per heavy atom. The highest BCUT2D eigenvalue weighted by molar-refractivity contribution is 5.77. The molecule has 3 nitrogen and oxygen atoms in total. The molecule has 0 bridgehead atoms. The van der Waals surface area contributed by atoms with Crippen molar-refractivity contribution >= 4 is 11.0 Å². The van der Waals surface area contributed by atoms with Crippen molar-refractivity contribution < 1.29 is 0 Å². The fourth-order valence-corrected chi connectivity index (χ4v) is 2.69. The van der Waals surface area contributed by atoms with Gasteiger partial charge in [-0.15, -0.1) is 0 Å². The van der Waals surface area contributed by atoms with Crippen LogP contribution in [0.2, 0.25) is 0 Å². The van der Waals surface area contributed by atoms with Gasteiger partial charge in [0.2, 0.25) is 0 Å². The monoisotopic (exact) mass is 287 g/mol. The van der Waals surface area contributed by atoms with Crippen molar-refractivity contribution in [3.63, 3.8) is 0 Å². The highest BCUT2D eigenvalue weighted by atomic mass is 15.1. The Kier molecular flexibility index (Phi) is 5.40. The second-order valence-corrected chi connectivity index (χ2v) is 6.54. The standard InChI is InChI=1S/C18H29N3/c1-6-19-10-9-18-20-16-11-15(14(4)5)7-8-17(16)21(18)12-13(2)3/h7-8,11,13-14,19H,6,9-10,12H2,1-5H3. The van der Waals surface area contributed by atoms with E-state index in [0.29, 0.717) is 11.8 Å². The Morgan fingerprint density at radius 1 is 1.19 bits per heavy atom. The third kappa shape index (κ3) is 3.85. The summed E-state index contributed by atoms with van der Waals surface area (Å²) in [6, 6.07) is 6.75. The topological polar surface area (TPSA) is 29.9 Å². The Hall–Kier alpha value is -1.35. The number of imidazole rings is 1. The normalized spacial score (nSPS) is 12.0. The second kappa shape index (κ2) is 7.08. The van der Waals surface area contributed by atoms with Crippen molar-refractivity contribution in [3.05, 3.63) is 29.6 Å². The minimum Gasteiger partial charge on any atom is -0.328 e. The van der Waals surface area contributed by atoms with Gasteiger partial charge in [-0.25, -0.2) is 4.98 Å². The third-order valence-corrected chi connectivity index (χ3v) is 3.84. The van der Waals surface area contributed by atoms with E-state index in [-0.39, 0.29) is 0 Å². The maximum atomic E-state index is 4.90. The molecule has 3 heteroatoms. The molecule has 1 aromatic heterocycles. The van der Waals surface area contributed by atoms with Crippen LogP contribution >= 0.6 is 0 Å². The summed E-state index contributed by atoms with van der Waals surface area (Å²) in [7, 11) is 0. The van der Waals surface area contributed by atoms with Gasteiger partial charge in [0.1, 0.15) is 5.82 Å². The van der Waals surface area contributed by atoms with E-state index in [2.05, 4.69) is 62.7 Å². The van der Waals surface area contributed by atoms with Crippen molar-refractivity contribution in [2.75, 3.05) is 13.1 Å². The molecule has 0 amide bonds. The lowest BCUT2D eigenvalue weighted by atomic mass is 10.0. The molecular formula is C18H29N3. The molecule has 0 aliphatic carbocycles. The second-order valence-electron chi connectivity index (χ2n) is 6.54. The molecule has 0 saturated carbocycles. The smallest absolute Gasteiger partial charge is 0.111 e. The van der Waals surface area contributed by atoms with Gasteiger partial charge in [-0.05, 0) is 36.1 Å². The van der Waals surface area contributed by atoms with E-state index in [4.69, 9.17) is 4.98 Å². The molecule has 0 unspecified atom stereocenters. The average Bonchev–Trinajstić information content (AvgIpc) is 2.76. The summed E-state index contributed by atoms with van der Waals surface area (Å²) in [6.45, 7) is 14.2. The number of nitrogens with zero attached hydrogens (tertiary/aromatic N) is 2. The van der Waals surface area contributed by atoms with Crippen molar-refractivity contribution in [1.82, 2.24) is 14.9 Å². The number of hydrogen-bond donors (Lipinski definition) is 1. The largest absolute Gasteiger partial charge is 0.328 e. The fourth-order valence-electron chi connectivity index (χ4n) is 2.69. The number of nitrogens with one attached hydrogen (secondary N) is 1. The zero-order valence-electron chi connectivity index (χ0n) is 14.1. The molecule has 0 radical (unpaired) electrons. The van der Waals surface area contributed by atoms with E-state index < -0.39 is 0 Å². The van der Waals surface area contributed by atoms with Crippen LogP contribution in [0.15, 0.2) is 18.2 Å². The summed E-state index contributed by atoms with van der Waals surface area (Å²) in [4.78, 5) is 4.90. The zero-order chi connectivity index (χ0) is 15.4. The van der Waals surface area contributed by atoms with Gasteiger partial charge in [-0.1, -0.05) is 40.7 Å². The molecular weight excluding hydrogens is 258 g/mol. The molecule has 116 valence electrons. The molecule has 1 heterocycles. The van der Waals surface area contributed by atoms with Crippen LogP contribution in [0.25, 0.3) is 11.0 Å². The van der Waals surface area contributed by atoms with Crippen molar-refractivity contribution in [2.45, 2.75) is 53.5 Å². The van der Waals surface area contributed by atoms with Gasteiger partial charge in [0.05, 0.1) is 11.0 Å². The summed E-state index contributed by atoms with van der Waals surface area (Å²) < 4.78 is 2.40. The Labute approximate surface area is 128 Å². The summed E-state index contributed by atoms with van der Waals surface area (Å²) in [5, 5.41) is 3.40. The van der Waals surface area contributed by atoms with Crippen LogP contribution in [-0.2, 0) is 13.0 Å². The number of rotatable bonds is 7. The number of aromatic nitrogens is 2. The van der Waals surface area contributed by atoms with Gasteiger partial charge in [0, 0.05) is 19.5 Å². The molecule has 2 aromatic rings. The first kappa shape index (κ1) is 16.0. The van der Waals surface area contributed by atoms with Gasteiger partial charge in [0.15, 0.2) is 0 Å². The van der Waals surface area contributed by atoms with E-state index >= 15 is 0 Å². The third-order valence-electron chi connectivity index (χ3n) is 3.84. The molecule has 0 aliphatic rings. The molecule has 0 atom stereocenters. The molecule has 1 N–H and O–H groups in total. The Morgan fingerprint density at radius 2 is 1.95 bits per heavy atom. The molecule has 0 spiro atoms. The lowest BCUT2D eigenvalue weighted by Gasteiger charge is -2.12. The van der Waals surface area contributed by atoms with E-state index in [0.717, 1.165) is 31.6 Å². The van der Waals surface area contributed by atoms with Crippen LogP contribution in [0.4, 0.5) is 0 Å². The first-order valence-corrected chi connectivity index (χ1v) is 8.22. The molecule has 21 heavy (non-hydrogen) atoms. The first-order chi connectivity index (χ1) is 10.0. The van der Waals surface area contributed by atoms with Gasteiger partial charge >= 0.3 is 0 Å². The van der Waals surface area contributed by atoms with E-state index in [1.807, 2.05) is 0 Å². The number of benzene rings is 1. The number of hydrogen-bond acceptors (Lipinski definition) is 2. The summed E-state index contributed by atoms with van der Waals surface area (Å²) in [5.41, 5.74) is 3.79. The SMILES string of the molecule is CCNCCc1nc2cc(C(C)C)ccc2n1CC(C)C. The predicted octanol–water partition coefficient (Wildman–Crippen LogP) is 3.97. The van der Waals surface area contributed by atoms with E-state index in [1.54, 1.807) is 0 Å². The van der Waals surface area contributed by atoms with Gasteiger partial charge in [0.25, 0.3) is 0 Å². The number of fused-ring (bicyclic) bond motifs is 1. The van der Waals surface area contributed by atoms with E-state index in [1.165, 1.54) is 16.9 Å². The van der Waals surface area contributed by atoms with Crippen LogP contribution in [0, 0.1) is 5.92 Å². The highest BCUT2D eigenvalue weighted by Gasteiger charge is 2.12. The predicted molar refractivity (Wildman–Crippen MR) is 90.9 cm³/mol. The fraction of sp³-hybridized carbons (Fsp3) is 0.611. The first-order valence-electron chi connectivity index (χ1n) is 8.22. The van der Waals surface area contributed by atoms with Crippen molar-refractivity contribution in [3.8, 4) is 0 Å². The molecule has 0 aliphatic heterocycles. The van der Waals surface area contributed by atoms with Crippen LogP contribution < -0.4 is 5.32 Å². The lowest BCUT2D eigenvalue weighted by molar-refractivity contribution is 0.513. The van der Waals surface area contributed by atoms with Gasteiger partial charge in [-0.3, -0.25) is 0 Å². The van der Waals surface area contributed by atoms with Crippen molar-refractivity contribution in [1.29, 1.82) is 0 Å². The summed E-state index contributed by atoms with van der Waals surface area (Å²) in [5.74, 6) is 2.39. The van der Waals surface area contributed by atoms with Crippen LogP contribution in [0.1, 0.15) is 51.9 Å². The van der Waals surface area contributed by atoms with Crippen LogP contribution in [-0.4, -0.2) is 22.6 Å². The summed E-state index contributed by atoms with van der Waals surface area (Å²) in [6.07, 6.45) is 0.992. The zero-order valence-corrected chi connectivity index (χ0v) is 14.1. The molecule has 1 aromatic carbocycles. The highest BCUT2D eigenvalue weighted by Crippen LogP contribution is 2.23. The average molecular weight is 287 g/mol. The van der Waals surface area contributed by atoms with E-state index in [9.17, 15) is 0 Å². The molecule has 2 rings (SSSR count). The van der Waals surface area contributed by atoms with Crippen LogP contribution in [0.3, 0.4) is 0 Å². The van der Waals surface area contributed by atoms with Crippen LogP contribution in [0.5, 0.6) is 0 Å². The lowest BCUT2D eigenvalue weighted by Crippen LogP contribution is -2.19. The van der Waals surface area contributed by atoms with Crippen molar-refractivity contribution in [2.24, 2.45) is 5.92 Å². The Bertz CT molecular complexity index is 581. The Balaban J connectivity index is 2.39. The van der Waals surface area contributed by atoms with Gasteiger partial charge in [-0.2, -0.15) is 0 Å². The number of likely N-dealkylation sites (N-methyl/N-ethyl adjacent to an activating group) is 1. The maximum absolute atomic E-state index is 4.90. The minimum atomic E-state index is 0.551. The molecule has 0 saturated heterocycles. The summed E-state index contributed by atoms with van der Waals surface area (Å²) >= 11 is 0. The maximum Gasteiger partial charge on any atom is 0.111 e. The molecule has 0 fully saturated rings.